The molecule has 14 heavy (non-hydrogen) atoms. The van der Waals surface area contributed by atoms with Gasteiger partial charge in [-0.15, -0.1) is 0 Å². The molecule has 2 heteroatoms. The predicted molar refractivity (Wildman–Crippen MR) is 62.4 cm³/mol. The molecule has 1 aromatic carbocycles. The Labute approximate surface area is 93.7 Å². The number of hydrogen-bond donors (Lipinski definition) is 0. The molecule has 0 heterocycles. The third kappa shape index (κ3) is 4.05. The Morgan fingerprint density at radius 2 is 2.14 bits per heavy atom. The minimum absolute atomic E-state index is 0.368. The summed E-state index contributed by atoms with van der Waals surface area (Å²) in [5.41, 5.74) is 1.23. The van der Waals surface area contributed by atoms with E-state index in [0.717, 1.165) is 17.3 Å². The average molecular weight is 255 g/mol. The second-order valence-corrected chi connectivity index (χ2v) is 4.33. The third-order valence-electron chi connectivity index (χ3n) is 2.11. The maximum absolute atomic E-state index is 11.3. The molecule has 0 aliphatic rings. The number of carbonyl (C=O) groups is 1. The van der Waals surface area contributed by atoms with Gasteiger partial charge < -0.3 is 0 Å². The summed E-state index contributed by atoms with van der Waals surface area (Å²) in [5.74, 6) is 0.368. The monoisotopic (exact) mass is 254 g/mol. The van der Waals surface area contributed by atoms with Gasteiger partial charge in [0.25, 0.3) is 0 Å². The first kappa shape index (κ1) is 11.4. The van der Waals surface area contributed by atoms with Crippen molar-refractivity contribution in [2.75, 3.05) is 0 Å². The largest absolute Gasteiger partial charge is 0.300 e. The lowest BCUT2D eigenvalue weighted by Gasteiger charge is -2.00. The Morgan fingerprint density at radius 3 is 2.79 bits per heavy atom. The highest BCUT2D eigenvalue weighted by atomic mass is 79.9. The van der Waals surface area contributed by atoms with Crippen molar-refractivity contribution >= 4 is 21.7 Å². The van der Waals surface area contributed by atoms with Crippen LogP contribution in [0.25, 0.3) is 0 Å². The van der Waals surface area contributed by atoms with Gasteiger partial charge in [0.1, 0.15) is 5.78 Å². The molecule has 0 aromatic heterocycles. The fourth-order valence-electron chi connectivity index (χ4n) is 1.38. The number of rotatable bonds is 5. The molecule has 0 fully saturated rings. The van der Waals surface area contributed by atoms with Crippen LogP contribution in [0.3, 0.4) is 0 Å². The molecule has 1 nitrogen and oxygen atoms in total. The molecule has 0 aliphatic heterocycles. The number of carbonyl (C=O) groups excluding carboxylic acids is 1. The maximum Gasteiger partial charge on any atom is 0.133 e. The van der Waals surface area contributed by atoms with Crippen LogP contribution in [0.4, 0.5) is 0 Å². The van der Waals surface area contributed by atoms with Crippen molar-refractivity contribution in [1.29, 1.82) is 0 Å². The molecule has 0 unspecified atom stereocenters. The third-order valence-corrected chi connectivity index (χ3v) is 2.60. The second kappa shape index (κ2) is 5.97. The lowest BCUT2D eigenvalue weighted by molar-refractivity contribution is -0.119. The summed E-state index contributed by atoms with van der Waals surface area (Å²) in [6, 6.07) is 8.13. The van der Waals surface area contributed by atoms with E-state index in [1.165, 1.54) is 5.56 Å². The molecular formula is C12H15BrO. The maximum atomic E-state index is 11.3. The molecule has 0 radical (unpaired) electrons. The molecule has 0 atom stereocenters. The summed E-state index contributed by atoms with van der Waals surface area (Å²) >= 11 is 3.41. The van der Waals surface area contributed by atoms with Crippen LogP contribution < -0.4 is 0 Å². The molecule has 0 bridgehead atoms. The smallest absolute Gasteiger partial charge is 0.133 e. The lowest BCUT2D eigenvalue weighted by Crippen LogP contribution is -1.99. The quantitative estimate of drug-likeness (QED) is 0.783. The average Bonchev–Trinajstić information content (AvgIpc) is 2.15. The van der Waals surface area contributed by atoms with Crippen LogP contribution in [-0.4, -0.2) is 5.78 Å². The van der Waals surface area contributed by atoms with Gasteiger partial charge in [-0.3, -0.25) is 4.79 Å². The van der Waals surface area contributed by atoms with Crippen LogP contribution in [-0.2, 0) is 11.2 Å². The Balaban J connectivity index is 2.41. The van der Waals surface area contributed by atoms with Gasteiger partial charge in [-0.05, 0) is 30.5 Å². The number of ketones is 1. The number of aryl methyl sites for hydroxylation is 1. The summed E-state index contributed by atoms with van der Waals surface area (Å²) in [6.07, 6.45) is 3.20. The van der Waals surface area contributed by atoms with Gasteiger partial charge in [0.05, 0.1) is 0 Å². The van der Waals surface area contributed by atoms with Gasteiger partial charge in [-0.2, -0.15) is 0 Å². The van der Waals surface area contributed by atoms with E-state index >= 15 is 0 Å². The lowest BCUT2D eigenvalue weighted by atomic mass is 10.1. The topological polar surface area (TPSA) is 17.1 Å². The van der Waals surface area contributed by atoms with E-state index in [4.69, 9.17) is 0 Å². The van der Waals surface area contributed by atoms with E-state index in [1.807, 2.05) is 19.1 Å². The van der Waals surface area contributed by atoms with E-state index < -0.39 is 0 Å². The van der Waals surface area contributed by atoms with Gasteiger partial charge in [-0.1, -0.05) is 35.0 Å². The number of Topliss-reactive ketones (excluding diaryl/α,β-unsaturated/α-hetero) is 1. The van der Waals surface area contributed by atoms with E-state index in [2.05, 4.69) is 28.1 Å². The Bertz CT molecular complexity index is 307. The first-order chi connectivity index (χ1) is 6.72. The zero-order chi connectivity index (χ0) is 10.4. The van der Waals surface area contributed by atoms with Crippen molar-refractivity contribution in [3.8, 4) is 0 Å². The molecule has 0 saturated heterocycles. The summed E-state index contributed by atoms with van der Waals surface area (Å²) in [6.45, 7) is 2.04. The van der Waals surface area contributed by atoms with Crippen molar-refractivity contribution in [1.82, 2.24) is 0 Å². The molecule has 0 saturated carbocycles. The van der Waals surface area contributed by atoms with Crippen molar-refractivity contribution in [3.05, 3.63) is 34.3 Å². The highest BCUT2D eigenvalue weighted by Crippen LogP contribution is 2.13. The van der Waals surface area contributed by atoms with Gasteiger partial charge in [0.2, 0.25) is 0 Å². The van der Waals surface area contributed by atoms with Crippen LogP contribution in [0.2, 0.25) is 0 Å². The van der Waals surface area contributed by atoms with E-state index in [9.17, 15) is 4.79 Å². The Kier molecular flexibility index (Phi) is 4.88. The van der Waals surface area contributed by atoms with Gasteiger partial charge in [-0.25, -0.2) is 0 Å². The van der Waals surface area contributed by atoms with Crippen molar-refractivity contribution in [3.63, 3.8) is 0 Å². The van der Waals surface area contributed by atoms with Crippen LogP contribution in [0, 0.1) is 0 Å². The molecule has 0 aliphatic carbocycles. The second-order valence-electron chi connectivity index (χ2n) is 3.42. The zero-order valence-corrected chi connectivity index (χ0v) is 10.0. The molecule has 0 N–H and O–H groups in total. The molecule has 0 spiro atoms. The Hall–Kier alpha value is -0.630. The standard InChI is InChI=1S/C12H15BrO/c1-2-4-12(14)8-7-10-5-3-6-11(13)9-10/h3,5-6,9H,2,4,7-8H2,1H3. The molecule has 76 valence electrons. The van der Waals surface area contributed by atoms with Crippen molar-refractivity contribution in [2.45, 2.75) is 32.6 Å². The summed E-state index contributed by atoms with van der Waals surface area (Å²) < 4.78 is 1.08. The Morgan fingerprint density at radius 1 is 1.36 bits per heavy atom. The van der Waals surface area contributed by atoms with E-state index in [1.54, 1.807) is 0 Å². The number of hydrogen-bond acceptors (Lipinski definition) is 1. The van der Waals surface area contributed by atoms with Gasteiger partial charge >= 0.3 is 0 Å². The number of benzene rings is 1. The van der Waals surface area contributed by atoms with E-state index in [-0.39, 0.29) is 0 Å². The molecule has 1 rings (SSSR count). The van der Waals surface area contributed by atoms with Crippen LogP contribution >= 0.6 is 15.9 Å². The minimum Gasteiger partial charge on any atom is -0.300 e. The van der Waals surface area contributed by atoms with Crippen molar-refractivity contribution < 1.29 is 4.79 Å². The van der Waals surface area contributed by atoms with Crippen molar-refractivity contribution in [2.24, 2.45) is 0 Å². The van der Waals surface area contributed by atoms with Crippen LogP contribution in [0.5, 0.6) is 0 Å². The predicted octanol–water partition coefficient (Wildman–Crippen LogP) is 3.75. The van der Waals surface area contributed by atoms with E-state index in [0.29, 0.717) is 18.6 Å². The summed E-state index contributed by atoms with van der Waals surface area (Å²) in [5, 5.41) is 0. The fourth-order valence-corrected chi connectivity index (χ4v) is 1.83. The van der Waals surface area contributed by atoms with Crippen LogP contribution in [0.15, 0.2) is 28.7 Å². The van der Waals surface area contributed by atoms with Gasteiger partial charge in [0, 0.05) is 17.3 Å². The first-order valence-electron chi connectivity index (χ1n) is 4.98. The summed E-state index contributed by atoms with van der Waals surface area (Å²) in [7, 11) is 0. The summed E-state index contributed by atoms with van der Waals surface area (Å²) in [4.78, 5) is 11.3. The normalized spacial score (nSPS) is 10.1. The molecule has 1 aromatic rings. The highest BCUT2D eigenvalue weighted by Gasteiger charge is 2.01. The minimum atomic E-state index is 0.368. The molecular weight excluding hydrogens is 240 g/mol. The molecule has 0 amide bonds. The fraction of sp³-hybridized carbons (Fsp3) is 0.417. The number of halogens is 1. The SMILES string of the molecule is CCCC(=O)CCc1cccc(Br)c1. The van der Waals surface area contributed by atoms with Gasteiger partial charge in [0.15, 0.2) is 0 Å². The van der Waals surface area contributed by atoms with Crippen LogP contribution in [0.1, 0.15) is 31.7 Å². The first-order valence-corrected chi connectivity index (χ1v) is 5.78. The zero-order valence-electron chi connectivity index (χ0n) is 8.42. The highest BCUT2D eigenvalue weighted by molar-refractivity contribution is 9.10.